The lowest BCUT2D eigenvalue weighted by atomic mass is 9.96. The topological polar surface area (TPSA) is 165 Å². The van der Waals surface area contributed by atoms with E-state index in [1.54, 1.807) is 13.0 Å². The van der Waals surface area contributed by atoms with Gasteiger partial charge in [-0.25, -0.2) is 14.8 Å². The van der Waals surface area contributed by atoms with Crippen LogP contribution in [-0.4, -0.2) is 56.2 Å². The van der Waals surface area contributed by atoms with Gasteiger partial charge in [0.25, 0.3) is 11.5 Å². The van der Waals surface area contributed by atoms with E-state index < -0.39 is 11.8 Å². The molecule has 2 aromatic heterocycles. The molecule has 1 fully saturated rings. The van der Waals surface area contributed by atoms with E-state index in [1.165, 1.54) is 17.0 Å². The number of aromatic nitrogens is 3. The van der Waals surface area contributed by atoms with E-state index in [-0.39, 0.29) is 28.8 Å². The molecule has 0 aliphatic carbocycles. The summed E-state index contributed by atoms with van der Waals surface area (Å²) < 4.78 is 1.51. The molecule has 2 aliphatic heterocycles. The van der Waals surface area contributed by atoms with Crippen LogP contribution in [0.2, 0.25) is 0 Å². The molecule has 2 aromatic rings. The molecule has 1 saturated heterocycles. The number of anilines is 3. The van der Waals surface area contributed by atoms with Gasteiger partial charge >= 0.3 is 6.09 Å². The number of fused-ring (bicyclic) bond motifs is 2. The Labute approximate surface area is 176 Å². The lowest BCUT2D eigenvalue weighted by Crippen LogP contribution is -2.54. The SMILES string of the molecule is Cc1cc(Nc2cc(NC(=O)O)ncn2)c(=O)n2c1C(=O)NC21CCN(CC#N)CC1. The van der Waals surface area contributed by atoms with Crippen LogP contribution in [0.1, 0.15) is 28.9 Å². The maximum atomic E-state index is 13.4. The summed E-state index contributed by atoms with van der Waals surface area (Å²) in [7, 11) is 0. The molecule has 4 rings (SSSR count). The Morgan fingerprint density at radius 3 is 2.68 bits per heavy atom. The molecular weight excluding hydrogens is 404 g/mol. The zero-order valence-corrected chi connectivity index (χ0v) is 16.7. The number of likely N-dealkylation sites (tertiary alicyclic amines) is 1. The number of nitrogens with one attached hydrogen (secondary N) is 3. The minimum Gasteiger partial charge on any atom is -0.465 e. The molecule has 0 aromatic carbocycles. The van der Waals surface area contributed by atoms with Gasteiger partial charge in [0.1, 0.15) is 35.0 Å². The van der Waals surface area contributed by atoms with Crippen molar-refractivity contribution in [2.75, 3.05) is 30.3 Å². The molecule has 160 valence electrons. The van der Waals surface area contributed by atoms with E-state index >= 15 is 0 Å². The fraction of sp³-hybridized carbons (Fsp3) is 0.368. The molecule has 0 unspecified atom stereocenters. The number of pyridine rings is 1. The van der Waals surface area contributed by atoms with Crippen LogP contribution in [0, 0.1) is 18.3 Å². The van der Waals surface area contributed by atoms with Gasteiger partial charge in [0.15, 0.2) is 0 Å². The quantitative estimate of drug-likeness (QED) is 0.519. The Morgan fingerprint density at radius 1 is 1.29 bits per heavy atom. The minimum atomic E-state index is -1.27. The van der Waals surface area contributed by atoms with Crippen LogP contribution in [0.15, 0.2) is 23.3 Å². The zero-order chi connectivity index (χ0) is 22.2. The van der Waals surface area contributed by atoms with Crippen LogP contribution in [-0.2, 0) is 5.66 Å². The summed E-state index contributed by atoms with van der Waals surface area (Å²) in [6.45, 7) is 3.20. The van der Waals surface area contributed by atoms with Gasteiger partial charge in [-0.2, -0.15) is 5.26 Å². The van der Waals surface area contributed by atoms with Crippen molar-refractivity contribution < 1.29 is 14.7 Å². The van der Waals surface area contributed by atoms with Crippen molar-refractivity contribution in [3.63, 3.8) is 0 Å². The Balaban J connectivity index is 1.70. The Hall–Kier alpha value is -3.98. The number of rotatable bonds is 4. The summed E-state index contributed by atoms with van der Waals surface area (Å²) in [5.41, 5.74) is -0.0933. The molecule has 0 radical (unpaired) electrons. The largest absolute Gasteiger partial charge is 0.465 e. The van der Waals surface area contributed by atoms with Gasteiger partial charge < -0.3 is 15.7 Å². The molecule has 2 aliphatic rings. The van der Waals surface area contributed by atoms with Crippen LogP contribution < -0.4 is 21.5 Å². The monoisotopic (exact) mass is 424 g/mol. The molecule has 4 heterocycles. The predicted molar refractivity (Wildman–Crippen MR) is 109 cm³/mol. The third-order valence-corrected chi connectivity index (χ3v) is 5.52. The number of hydrogen-bond acceptors (Lipinski definition) is 8. The molecule has 1 spiro atoms. The number of piperidine rings is 1. The van der Waals surface area contributed by atoms with Crippen LogP contribution >= 0.6 is 0 Å². The molecule has 2 amide bonds. The van der Waals surface area contributed by atoms with Crippen molar-refractivity contribution in [3.8, 4) is 6.07 Å². The number of nitrogens with zero attached hydrogens (tertiary/aromatic N) is 5. The summed E-state index contributed by atoms with van der Waals surface area (Å²) in [6.07, 6.45) is 0.891. The molecule has 0 saturated carbocycles. The Kier molecular flexibility index (Phi) is 5.04. The second-order valence-electron chi connectivity index (χ2n) is 7.49. The van der Waals surface area contributed by atoms with E-state index in [0.717, 1.165) is 0 Å². The molecule has 31 heavy (non-hydrogen) atoms. The smallest absolute Gasteiger partial charge is 0.410 e. The first-order valence-corrected chi connectivity index (χ1v) is 9.61. The fourth-order valence-corrected chi connectivity index (χ4v) is 4.12. The summed E-state index contributed by atoms with van der Waals surface area (Å²) in [5, 5.41) is 25.8. The van der Waals surface area contributed by atoms with Crippen molar-refractivity contribution in [2.24, 2.45) is 0 Å². The van der Waals surface area contributed by atoms with Crippen molar-refractivity contribution in [2.45, 2.75) is 25.4 Å². The predicted octanol–water partition coefficient (Wildman–Crippen LogP) is 0.796. The standard InChI is InChI=1S/C19H20N8O4/c1-11-8-12(23-13-9-14(22-10-21-13)24-18(30)31)17(29)27-15(11)16(28)25-19(27)2-5-26(6-3-19)7-4-20/h8-10H,2-3,5-7H2,1H3,(H,25,28)(H,30,31)(H2,21,22,23,24). The zero-order valence-electron chi connectivity index (χ0n) is 16.7. The maximum absolute atomic E-state index is 13.4. The van der Waals surface area contributed by atoms with Gasteiger partial charge in [0.2, 0.25) is 0 Å². The highest BCUT2D eigenvalue weighted by Crippen LogP contribution is 2.34. The Bertz CT molecular complexity index is 1160. The van der Waals surface area contributed by atoms with Crippen molar-refractivity contribution in [3.05, 3.63) is 40.1 Å². The summed E-state index contributed by atoms with van der Waals surface area (Å²) in [6, 6.07) is 5.06. The highest BCUT2D eigenvalue weighted by molar-refractivity contribution is 5.97. The molecule has 12 heteroatoms. The number of amides is 2. The number of hydrogen-bond donors (Lipinski definition) is 4. The fourth-order valence-electron chi connectivity index (χ4n) is 4.12. The van der Waals surface area contributed by atoms with E-state index in [0.29, 0.717) is 43.7 Å². The molecule has 0 bridgehead atoms. The first kappa shape index (κ1) is 20.3. The maximum Gasteiger partial charge on any atom is 0.410 e. The van der Waals surface area contributed by atoms with Crippen molar-refractivity contribution in [1.29, 1.82) is 5.26 Å². The van der Waals surface area contributed by atoms with Gasteiger partial charge in [-0.15, -0.1) is 0 Å². The number of carboxylic acid groups (broad SMARTS) is 1. The number of carbonyl (C=O) groups excluding carboxylic acids is 1. The van der Waals surface area contributed by atoms with Gasteiger partial charge in [0, 0.05) is 32.0 Å². The third kappa shape index (κ3) is 3.66. The molecular formula is C19H20N8O4. The van der Waals surface area contributed by atoms with Crippen molar-refractivity contribution in [1.82, 2.24) is 24.8 Å². The average molecular weight is 424 g/mol. The molecule has 0 atom stereocenters. The number of carbonyl (C=O) groups is 2. The lowest BCUT2D eigenvalue weighted by molar-refractivity contribution is 0.0777. The first-order valence-electron chi connectivity index (χ1n) is 9.61. The lowest BCUT2D eigenvalue weighted by Gasteiger charge is -2.39. The van der Waals surface area contributed by atoms with Gasteiger partial charge in [-0.3, -0.25) is 24.4 Å². The van der Waals surface area contributed by atoms with Gasteiger partial charge in [0.05, 0.1) is 12.6 Å². The van der Waals surface area contributed by atoms with Crippen molar-refractivity contribution >= 4 is 29.3 Å². The van der Waals surface area contributed by atoms with E-state index in [2.05, 4.69) is 32.0 Å². The Morgan fingerprint density at radius 2 is 2.00 bits per heavy atom. The normalized spacial score (nSPS) is 17.0. The molecule has 4 N–H and O–H groups in total. The number of aryl methyl sites for hydroxylation is 1. The minimum absolute atomic E-state index is 0.0566. The van der Waals surface area contributed by atoms with Crippen LogP contribution in [0.5, 0.6) is 0 Å². The van der Waals surface area contributed by atoms with Crippen LogP contribution in [0.4, 0.5) is 22.1 Å². The highest BCUT2D eigenvalue weighted by Gasteiger charge is 2.46. The van der Waals surface area contributed by atoms with E-state index in [4.69, 9.17) is 10.4 Å². The third-order valence-electron chi connectivity index (χ3n) is 5.52. The average Bonchev–Trinajstić information content (AvgIpc) is 3.00. The first-order chi connectivity index (χ1) is 14.8. The van der Waals surface area contributed by atoms with E-state index in [9.17, 15) is 14.4 Å². The summed E-state index contributed by atoms with van der Waals surface area (Å²) >= 11 is 0. The second kappa shape index (κ2) is 7.69. The van der Waals surface area contributed by atoms with Gasteiger partial charge in [-0.1, -0.05) is 0 Å². The van der Waals surface area contributed by atoms with E-state index in [1.807, 2.05) is 4.90 Å². The second-order valence-corrected chi connectivity index (χ2v) is 7.49. The number of nitriles is 1. The van der Waals surface area contributed by atoms with Gasteiger partial charge in [-0.05, 0) is 18.6 Å². The summed E-state index contributed by atoms with van der Waals surface area (Å²) in [4.78, 5) is 46.7. The van der Waals surface area contributed by atoms with Crippen LogP contribution in [0.25, 0.3) is 0 Å². The molecule has 12 nitrogen and oxygen atoms in total. The summed E-state index contributed by atoms with van der Waals surface area (Å²) in [5.74, 6) is -0.0167. The van der Waals surface area contributed by atoms with Crippen LogP contribution in [0.3, 0.4) is 0 Å². The highest BCUT2D eigenvalue weighted by atomic mass is 16.4.